The highest BCUT2D eigenvalue weighted by molar-refractivity contribution is 5.37. The van der Waals surface area contributed by atoms with Gasteiger partial charge in [-0.15, -0.1) is 0 Å². The Bertz CT molecular complexity index is 404. The van der Waals surface area contributed by atoms with Crippen LogP contribution in [0.25, 0.3) is 0 Å². The topological polar surface area (TPSA) is 36.7 Å². The van der Waals surface area contributed by atoms with E-state index < -0.39 is 29.2 Å². The summed E-state index contributed by atoms with van der Waals surface area (Å²) in [7, 11) is 0. The number of halogens is 5. The van der Waals surface area contributed by atoms with Gasteiger partial charge in [-0.05, 0) is 0 Å². The molecule has 0 saturated heterocycles. The first-order chi connectivity index (χ1) is 6.36. The minimum Gasteiger partial charge on any atom is -0.192 e. The van der Waals surface area contributed by atoms with Gasteiger partial charge in [-0.2, -0.15) is 32.2 Å². The van der Waals surface area contributed by atoms with Crippen molar-refractivity contribution in [3.8, 4) is 6.07 Å². The molecule has 1 heterocycles. The molecule has 0 aliphatic rings. The largest absolute Gasteiger partial charge is 0.418 e. The standard InChI is InChI=1S/C7HF5N2/c8-5-1-4(7(10,11)12)3(2-13)6(9)14-5/h1H. The van der Waals surface area contributed by atoms with Gasteiger partial charge in [0.1, 0.15) is 11.6 Å². The molecule has 0 amide bonds. The van der Waals surface area contributed by atoms with Crippen LogP contribution in [-0.4, -0.2) is 4.98 Å². The van der Waals surface area contributed by atoms with Gasteiger partial charge in [-0.1, -0.05) is 0 Å². The Balaban J connectivity index is 3.50. The molecule has 0 fully saturated rings. The van der Waals surface area contributed by atoms with Crippen molar-refractivity contribution in [2.24, 2.45) is 0 Å². The van der Waals surface area contributed by atoms with Crippen molar-refractivity contribution in [3.05, 3.63) is 29.1 Å². The zero-order chi connectivity index (χ0) is 10.9. The number of hydrogen-bond donors (Lipinski definition) is 0. The van der Waals surface area contributed by atoms with E-state index in [9.17, 15) is 22.0 Å². The van der Waals surface area contributed by atoms with Crippen LogP contribution >= 0.6 is 0 Å². The number of nitrogens with zero attached hydrogens (tertiary/aromatic N) is 2. The maximum Gasteiger partial charge on any atom is 0.418 e. The van der Waals surface area contributed by atoms with Crippen LogP contribution in [0.1, 0.15) is 11.1 Å². The second-order valence-electron chi connectivity index (χ2n) is 2.27. The van der Waals surface area contributed by atoms with Crippen LogP contribution in [0.5, 0.6) is 0 Å². The summed E-state index contributed by atoms with van der Waals surface area (Å²) in [5.41, 5.74) is -2.97. The van der Waals surface area contributed by atoms with Crippen molar-refractivity contribution >= 4 is 0 Å². The summed E-state index contributed by atoms with van der Waals surface area (Å²) >= 11 is 0. The summed E-state index contributed by atoms with van der Waals surface area (Å²) < 4.78 is 61.1. The first kappa shape index (κ1) is 10.4. The van der Waals surface area contributed by atoms with E-state index in [1.807, 2.05) is 0 Å². The molecular weight excluding hydrogens is 207 g/mol. The zero-order valence-corrected chi connectivity index (χ0v) is 6.36. The molecule has 0 bridgehead atoms. The Kier molecular flexibility index (Phi) is 2.38. The summed E-state index contributed by atoms with van der Waals surface area (Å²) in [4.78, 5) is 2.46. The van der Waals surface area contributed by atoms with E-state index in [0.717, 1.165) is 6.07 Å². The summed E-state index contributed by atoms with van der Waals surface area (Å²) in [6.07, 6.45) is -4.98. The molecule has 0 aliphatic carbocycles. The molecule has 14 heavy (non-hydrogen) atoms. The van der Waals surface area contributed by atoms with Gasteiger partial charge in [0.25, 0.3) is 0 Å². The molecule has 0 unspecified atom stereocenters. The van der Waals surface area contributed by atoms with Gasteiger partial charge >= 0.3 is 6.18 Å². The number of nitriles is 1. The molecular formula is C7HF5N2. The molecule has 0 spiro atoms. The Morgan fingerprint density at radius 1 is 1.29 bits per heavy atom. The highest BCUT2D eigenvalue weighted by Crippen LogP contribution is 2.32. The van der Waals surface area contributed by atoms with E-state index in [2.05, 4.69) is 4.98 Å². The van der Waals surface area contributed by atoms with Gasteiger partial charge in [0.2, 0.25) is 11.9 Å². The van der Waals surface area contributed by atoms with Gasteiger partial charge in [0.15, 0.2) is 0 Å². The normalized spacial score (nSPS) is 11.1. The first-order valence-corrected chi connectivity index (χ1v) is 3.19. The fourth-order valence-electron chi connectivity index (χ4n) is 0.814. The lowest BCUT2D eigenvalue weighted by Gasteiger charge is -2.07. The fourth-order valence-corrected chi connectivity index (χ4v) is 0.814. The molecule has 1 aromatic heterocycles. The number of aromatic nitrogens is 1. The van der Waals surface area contributed by atoms with E-state index in [-0.39, 0.29) is 6.07 Å². The lowest BCUT2D eigenvalue weighted by atomic mass is 10.1. The third kappa shape index (κ3) is 1.79. The lowest BCUT2D eigenvalue weighted by Crippen LogP contribution is -2.11. The van der Waals surface area contributed by atoms with E-state index in [0.29, 0.717) is 0 Å². The maximum atomic E-state index is 12.6. The van der Waals surface area contributed by atoms with E-state index in [4.69, 9.17) is 5.26 Å². The first-order valence-electron chi connectivity index (χ1n) is 3.19. The Hall–Kier alpha value is -1.71. The fraction of sp³-hybridized carbons (Fsp3) is 0.143. The van der Waals surface area contributed by atoms with Crippen molar-refractivity contribution in [1.29, 1.82) is 5.26 Å². The van der Waals surface area contributed by atoms with Crippen LogP contribution in [0, 0.1) is 23.2 Å². The minimum absolute atomic E-state index is 0.0262. The summed E-state index contributed by atoms with van der Waals surface area (Å²) in [6, 6.07) is 0.947. The third-order valence-corrected chi connectivity index (χ3v) is 1.36. The molecule has 0 atom stereocenters. The van der Waals surface area contributed by atoms with Gasteiger partial charge in [-0.3, -0.25) is 0 Å². The average molecular weight is 208 g/mol. The highest BCUT2D eigenvalue weighted by atomic mass is 19.4. The summed E-state index contributed by atoms with van der Waals surface area (Å²) in [5, 5.41) is 8.20. The highest BCUT2D eigenvalue weighted by Gasteiger charge is 2.36. The minimum atomic E-state index is -4.98. The summed E-state index contributed by atoms with van der Waals surface area (Å²) in [6.45, 7) is 0. The maximum absolute atomic E-state index is 12.6. The monoisotopic (exact) mass is 208 g/mol. The van der Waals surface area contributed by atoms with Crippen molar-refractivity contribution < 1.29 is 22.0 Å². The van der Waals surface area contributed by atoms with Crippen LogP contribution in [-0.2, 0) is 6.18 Å². The second kappa shape index (κ2) is 3.21. The molecule has 1 rings (SSSR count). The molecule has 0 N–H and O–H groups in total. The second-order valence-corrected chi connectivity index (χ2v) is 2.27. The summed E-state index contributed by atoms with van der Waals surface area (Å²) in [5.74, 6) is -3.38. The van der Waals surface area contributed by atoms with Crippen molar-refractivity contribution in [3.63, 3.8) is 0 Å². The van der Waals surface area contributed by atoms with Crippen molar-refractivity contribution in [2.45, 2.75) is 6.18 Å². The lowest BCUT2D eigenvalue weighted by molar-refractivity contribution is -0.138. The van der Waals surface area contributed by atoms with Gasteiger partial charge < -0.3 is 0 Å². The van der Waals surface area contributed by atoms with Crippen molar-refractivity contribution in [2.75, 3.05) is 0 Å². The molecule has 2 nitrogen and oxygen atoms in total. The predicted octanol–water partition coefficient (Wildman–Crippen LogP) is 2.25. The van der Waals surface area contributed by atoms with E-state index in [1.165, 1.54) is 0 Å². The van der Waals surface area contributed by atoms with Gasteiger partial charge in [0.05, 0.1) is 5.56 Å². The Morgan fingerprint density at radius 2 is 1.86 bits per heavy atom. The third-order valence-electron chi connectivity index (χ3n) is 1.36. The van der Waals surface area contributed by atoms with Crippen molar-refractivity contribution in [1.82, 2.24) is 4.98 Å². The predicted molar refractivity (Wildman–Crippen MR) is 33.9 cm³/mol. The molecule has 0 saturated carbocycles. The van der Waals surface area contributed by atoms with Crippen LogP contribution in [0.15, 0.2) is 6.07 Å². The van der Waals surface area contributed by atoms with E-state index in [1.54, 1.807) is 0 Å². The van der Waals surface area contributed by atoms with Crippen LogP contribution in [0.3, 0.4) is 0 Å². The number of rotatable bonds is 0. The van der Waals surface area contributed by atoms with Gasteiger partial charge in [0, 0.05) is 6.07 Å². The Labute approximate surface area is 74.6 Å². The quantitative estimate of drug-likeness (QED) is 0.484. The molecule has 0 aliphatic heterocycles. The molecule has 1 aromatic rings. The molecule has 0 radical (unpaired) electrons. The molecule has 7 heteroatoms. The number of hydrogen-bond acceptors (Lipinski definition) is 2. The van der Waals surface area contributed by atoms with Crippen LogP contribution < -0.4 is 0 Å². The van der Waals surface area contributed by atoms with Crippen LogP contribution in [0.4, 0.5) is 22.0 Å². The zero-order valence-electron chi connectivity index (χ0n) is 6.36. The number of alkyl halides is 3. The van der Waals surface area contributed by atoms with Crippen LogP contribution in [0.2, 0.25) is 0 Å². The molecule has 0 aromatic carbocycles. The smallest absolute Gasteiger partial charge is 0.192 e. The number of pyridine rings is 1. The van der Waals surface area contributed by atoms with Gasteiger partial charge in [-0.25, -0.2) is 0 Å². The average Bonchev–Trinajstić information content (AvgIpc) is 2.01. The van der Waals surface area contributed by atoms with E-state index >= 15 is 0 Å². The SMILES string of the molecule is N#Cc1c(C(F)(F)F)cc(F)nc1F. The molecule has 74 valence electrons. The Morgan fingerprint density at radius 3 is 2.29 bits per heavy atom.